The van der Waals surface area contributed by atoms with Gasteiger partial charge in [-0.3, -0.25) is 0 Å². The average Bonchev–Trinajstić information content (AvgIpc) is 2.13. The third-order valence-corrected chi connectivity index (χ3v) is 2.75. The molecule has 0 fully saturated rings. The molecule has 0 spiro atoms. The van der Waals surface area contributed by atoms with Gasteiger partial charge >= 0.3 is 29.6 Å². The van der Waals surface area contributed by atoms with Crippen molar-refractivity contribution in [3.05, 3.63) is 6.92 Å². The molecule has 0 bridgehead atoms. The molecule has 0 heterocycles. The minimum absolute atomic E-state index is 0. The molecule has 81 valence electrons. The molecular formula is C13H28Na. The van der Waals surface area contributed by atoms with Crippen molar-refractivity contribution >= 4 is 29.6 Å². The van der Waals surface area contributed by atoms with Crippen LogP contribution in [0.5, 0.6) is 0 Å². The van der Waals surface area contributed by atoms with Gasteiger partial charge < -0.3 is 0 Å². The van der Waals surface area contributed by atoms with Crippen molar-refractivity contribution in [3.63, 3.8) is 0 Å². The zero-order valence-electron chi connectivity index (χ0n) is 9.65. The van der Waals surface area contributed by atoms with E-state index in [9.17, 15) is 0 Å². The van der Waals surface area contributed by atoms with Crippen LogP contribution in [0.1, 0.15) is 71.6 Å². The Balaban J connectivity index is 0. The molecule has 1 unspecified atom stereocenters. The molecule has 0 aromatic heterocycles. The van der Waals surface area contributed by atoms with Crippen LogP contribution in [0.15, 0.2) is 0 Å². The first-order chi connectivity index (χ1) is 6.31. The molecule has 0 aliphatic rings. The molecule has 0 aliphatic carbocycles. The molecule has 1 atom stereocenters. The summed E-state index contributed by atoms with van der Waals surface area (Å²) in [6, 6.07) is 0. The second kappa shape index (κ2) is 14.0. The summed E-state index contributed by atoms with van der Waals surface area (Å²) in [5.74, 6) is 0.955. The number of hydrogen-bond donors (Lipinski definition) is 0. The monoisotopic (exact) mass is 207 g/mol. The number of unbranched alkanes of at least 4 members (excludes halogenated alkanes) is 5. The van der Waals surface area contributed by atoms with Crippen LogP contribution in [0.2, 0.25) is 0 Å². The Hall–Kier alpha value is 1.00. The summed E-state index contributed by atoms with van der Waals surface area (Å²) < 4.78 is 0. The maximum absolute atomic E-state index is 3.86. The van der Waals surface area contributed by atoms with Crippen molar-refractivity contribution in [3.8, 4) is 0 Å². The zero-order chi connectivity index (χ0) is 9.94. The molecule has 0 saturated heterocycles. The molecule has 0 rings (SSSR count). The van der Waals surface area contributed by atoms with E-state index in [-0.39, 0.29) is 29.6 Å². The van der Waals surface area contributed by atoms with Crippen LogP contribution in [-0.4, -0.2) is 29.6 Å². The molecule has 1 radical (unpaired) electrons. The molecule has 0 nitrogen and oxygen atoms in total. The van der Waals surface area contributed by atoms with Gasteiger partial charge in [0.2, 0.25) is 0 Å². The van der Waals surface area contributed by atoms with Crippen LogP contribution in [-0.2, 0) is 0 Å². The van der Waals surface area contributed by atoms with E-state index >= 15 is 0 Å². The molecule has 0 aromatic rings. The maximum atomic E-state index is 3.86. The second-order valence-electron chi connectivity index (χ2n) is 4.30. The molecule has 0 saturated carbocycles. The van der Waals surface area contributed by atoms with Crippen LogP contribution in [0, 0.1) is 12.8 Å². The first-order valence-corrected chi connectivity index (χ1v) is 6.10. The molecule has 0 aliphatic heterocycles. The molecular weight excluding hydrogens is 179 g/mol. The third kappa shape index (κ3) is 13.0. The predicted molar refractivity (Wildman–Crippen MR) is 68.9 cm³/mol. The van der Waals surface area contributed by atoms with Gasteiger partial charge in [-0.1, -0.05) is 78.6 Å². The van der Waals surface area contributed by atoms with Crippen LogP contribution < -0.4 is 0 Å². The first-order valence-electron chi connectivity index (χ1n) is 6.10. The topological polar surface area (TPSA) is 0 Å². The van der Waals surface area contributed by atoms with Crippen molar-refractivity contribution in [1.82, 2.24) is 0 Å². The van der Waals surface area contributed by atoms with Crippen LogP contribution in [0.3, 0.4) is 0 Å². The average molecular weight is 207 g/mol. The fourth-order valence-corrected chi connectivity index (χ4v) is 1.73. The van der Waals surface area contributed by atoms with E-state index in [0.717, 1.165) is 12.3 Å². The summed E-state index contributed by atoms with van der Waals surface area (Å²) in [4.78, 5) is 0. The van der Waals surface area contributed by atoms with Gasteiger partial charge in [0.15, 0.2) is 0 Å². The zero-order valence-corrected chi connectivity index (χ0v) is 9.65. The first kappa shape index (κ1) is 17.4. The Labute approximate surface area is 114 Å². The van der Waals surface area contributed by atoms with Crippen molar-refractivity contribution in [2.24, 2.45) is 5.92 Å². The summed E-state index contributed by atoms with van der Waals surface area (Å²) in [5, 5.41) is 0. The Morgan fingerprint density at radius 2 is 1.50 bits per heavy atom. The van der Waals surface area contributed by atoms with E-state index in [4.69, 9.17) is 0 Å². The molecule has 1 heteroatoms. The van der Waals surface area contributed by atoms with E-state index in [1.54, 1.807) is 0 Å². The van der Waals surface area contributed by atoms with Gasteiger partial charge in [0.1, 0.15) is 0 Å². The van der Waals surface area contributed by atoms with E-state index in [0.29, 0.717) is 0 Å². The van der Waals surface area contributed by atoms with E-state index in [1.807, 2.05) is 0 Å². The third-order valence-electron chi connectivity index (χ3n) is 2.75. The summed E-state index contributed by atoms with van der Waals surface area (Å²) in [5.41, 5.74) is 0. The van der Waals surface area contributed by atoms with E-state index < -0.39 is 0 Å². The van der Waals surface area contributed by atoms with Crippen LogP contribution >= 0.6 is 0 Å². The van der Waals surface area contributed by atoms with Gasteiger partial charge in [-0.2, -0.15) is 0 Å². The van der Waals surface area contributed by atoms with Gasteiger partial charge in [-0.25, -0.2) is 0 Å². The Morgan fingerprint density at radius 1 is 0.929 bits per heavy atom. The summed E-state index contributed by atoms with van der Waals surface area (Å²) in [6.07, 6.45) is 12.3. The Morgan fingerprint density at radius 3 is 2.00 bits per heavy atom. The van der Waals surface area contributed by atoms with Crippen molar-refractivity contribution in [2.75, 3.05) is 0 Å². The van der Waals surface area contributed by atoms with Gasteiger partial charge in [0.25, 0.3) is 0 Å². The van der Waals surface area contributed by atoms with Crippen molar-refractivity contribution < 1.29 is 0 Å². The van der Waals surface area contributed by atoms with Crippen LogP contribution in [0.4, 0.5) is 0 Å². The van der Waals surface area contributed by atoms with Gasteiger partial charge in [-0.15, -0.1) is 0 Å². The van der Waals surface area contributed by atoms with E-state index in [1.165, 1.54) is 51.4 Å². The summed E-state index contributed by atoms with van der Waals surface area (Å²) in [7, 11) is 0. The minimum atomic E-state index is 0. The normalized spacial score (nSPS) is 12.2. The molecule has 0 N–H and O–H groups in total. The molecule has 0 amide bonds. The summed E-state index contributed by atoms with van der Waals surface area (Å²) in [6.45, 7) is 8.54. The van der Waals surface area contributed by atoms with Crippen molar-refractivity contribution in [1.29, 1.82) is 0 Å². The van der Waals surface area contributed by atoms with E-state index in [2.05, 4.69) is 20.8 Å². The standard InChI is InChI=1S/C13H27.Na.H/c1-4-6-8-10-12-13(3)11-9-7-5-2;;/h13H,1,4-12H2,2-3H3;;. The second-order valence-corrected chi connectivity index (χ2v) is 4.30. The molecule has 0 aromatic carbocycles. The van der Waals surface area contributed by atoms with Gasteiger partial charge in [0.05, 0.1) is 0 Å². The Kier molecular flexibility index (Phi) is 17.4. The quantitative estimate of drug-likeness (QED) is 0.390. The van der Waals surface area contributed by atoms with Gasteiger partial charge in [-0.05, 0) is 5.92 Å². The Bertz CT molecular complexity index is 91.2. The van der Waals surface area contributed by atoms with Gasteiger partial charge in [0, 0.05) is 0 Å². The summed E-state index contributed by atoms with van der Waals surface area (Å²) >= 11 is 0. The SMILES string of the molecule is [CH2]CCCCCC(C)CCCCC.[NaH]. The van der Waals surface area contributed by atoms with Crippen LogP contribution in [0.25, 0.3) is 0 Å². The van der Waals surface area contributed by atoms with Crippen molar-refractivity contribution in [2.45, 2.75) is 71.6 Å². The fourth-order valence-electron chi connectivity index (χ4n) is 1.73. The number of rotatable bonds is 9. The predicted octanol–water partition coefficient (Wildman–Crippen LogP) is 4.34. The number of hydrogen-bond acceptors (Lipinski definition) is 0. The molecule has 14 heavy (non-hydrogen) atoms. The fraction of sp³-hybridized carbons (Fsp3) is 0.923.